The summed E-state index contributed by atoms with van der Waals surface area (Å²) >= 11 is 0. The van der Waals surface area contributed by atoms with Crippen molar-refractivity contribution in [2.24, 2.45) is 0 Å². The van der Waals surface area contributed by atoms with Gasteiger partial charge in [-0.1, -0.05) is 24.3 Å². The Hall–Kier alpha value is -2.17. The molecule has 0 aliphatic rings. The van der Waals surface area contributed by atoms with Crippen LogP contribution in [0.5, 0.6) is 0 Å². The molecule has 0 bridgehead atoms. The molecule has 0 aliphatic carbocycles. The number of hydrogen-bond donors (Lipinski definition) is 1. The third-order valence-electron chi connectivity index (χ3n) is 2.51. The quantitative estimate of drug-likeness (QED) is 0.377. The van der Waals surface area contributed by atoms with Crippen LogP contribution < -0.4 is 5.32 Å². The normalized spacial score (nSPS) is 10.6. The minimum atomic E-state index is -0.534. The van der Waals surface area contributed by atoms with Crippen LogP contribution in [0.4, 0.5) is 5.69 Å². The first-order valence-corrected chi connectivity index (χ1v) is 5.71. The predicted molar refractivity (Wildman–Crippen MR) is 69.6 cm³/mol. The standard InChI is InChI=1S/C13H16N2O3/c1-3-4-5-9-14-13(16)12-10(2)7-6-8-11(12)15(17)18/h3-4,6-8H,5,9H2,1-2H3,(H,14,16)/b4-3+. The lowest BCUT2D eigenvalue weighted by atomic mass is 10.1. The van der Waals surface area contributed by atoms with Gasteiger partial charge in [0.25, 0.3) is 11.6 Å². The maximum Gasteiger partial charge on any atom is 0.282 e. The van der Waals surface area contributed by atoms with Crippen molar-refractivity contribution in [3.63, 3.8) is 0 Å². The maximum absolute atomic E-state index is 11.9. The van der Waals surface area contributed by atoms with E-state index in [1.165, 1.54) is 6.07 Å². The molecule has 96 valence electrons. The van der Waals surface area contributed by atoms with Gasteiger partial charge in [0.15, 0.2) is 0 Å². The van der Waals surface area contributed by atoms with Crippen molar-refractivity contribution in [1.82, 2.24) is 5.32 Å². The molecule has 0 fully saturated rings. The summed E-state index contributed by atoms with van der Waals surface area (Å²) in [6.45, 7) is 4.05. The minimum absolute atomic E-state index is 0.142. The molecule has 0 aromatic heterocycles. The average Bonchev–Trinajstić information content (AvgIpc) is 2.34. The fraction of sp³-hybridized carbons (Fsp3) is 0.308. The molecule has 1 aromatic rings. The molecule has 0 aliphatic heterocycles. The first-order valence-electron chi connectivity index (χ1n) is 5.71. The summed E-state index contributed by atoms with van der Waals surface area (Å²) in [4.78, 5) is 22.2. The number of hydrogen-bond acceptors (Lipinski definition) is 3. The van der Waals surface area contributed by atoms with E-state index in [2.05, 4.69) is 5.32 Å². The topological polar surface area (TPSA) is 72.2 Å². The summed E-state index contributed by atoms with van der Waals surface area (Å²) < 4.78 is 0. The Labute approximate surface area is 106 Å². The van der Waals surface area contributed by atoms with E-state index in [9.17, 15) is 14.9 Å². The average molecular weight is 248 g/mol. The van der Waals surface area contributed by atoms with Gasteiger partial charge in [-0.2, -0.15) is 0 Å². The lowest BCUT2D eigenvalue weighted by molar-refractivity contribution is -0.385. The molecule has 1 N–H and O–H groups in total. The molecule has 0 saturated carbocycles. The number of benzene rings is 1. The van der Waals surface area contributed by atoms with E-state index in [1.54, 1.807) is 19.1 Å². The van der Waals surface area contributed by atoms with Gasteiger partial charge in [-0.25, -0.2) is 0 Å². The van der Waals surface area contributed by atoms with Crippen LogP contribution in [0.25, 0.3) is 0 Å². The lowest BCUT2D eigenvalue weighted by Gasteiger charge is -2.07. The molecule has 0 heterocycles. The van der Waals surface area contributed by atoms with Gasteiger partial charge in [-0.05, 0) is 25.8 Å². The van der Waals surface area contributed by atoms with E-state index >= 15 is 0 Å². The number of nitrogens with one attached hydrogen (secondary N) is 1. The lowest BCUT2D eigenvalue weighted by Crippen LogP contribution is -2.25. The number of carbonyl (C=O) groups excluding carboxylic acids is 1. The Kier molecular flexibility index (Phi) is 5.05. The Morgan fingerprint density at radius 1 is 1.50 bits per heavy atom. The fourth-order valence-corrected chi connectivity index (χ4v) is 1.62. The Balaban J connectivity index is 2.87. The van der Waals surface area contributed by atoms with E-state index in [1.807, 2.05) is 19.1 Å². The highest BCUT2D eigenvalue weighted by atomic mass is 16.6. The number of nitro benzene ring substituents is 1. The molecule has 0 radical (unpaired) electrons. The maximum atomic E-state index is 11.9. The molecule has 0 saturated heterocycles. The second-order valence-electron chi connectivity index (χ2n) is 3.84. The van der Waals surface area contributed by atoms with E-state index < -0.39 is 10.8 Å². The smallest absolute Gasteiger partial charge is 0.282 e. The highest BCUT2D eigenvalue weighted by molar-refractivity contribution is 5.99. The Bertz CT molecular complexity index is 481. The number of rotatable bonds is 5. The van der Waals surface area contributed by atoms with Crippen molar-refractivity contribution in [3.8, 4) is 0 Å². The van der Waals surface area contributed by atoms with Gasteiger partial charge in [0.05, 0.1) is 4.92 Å². The van der Waals surface area contributed by atoms with Gasteiger partial charge in [0, 0.05) is 12.6 Å². The zero-order chi connectivity index (χ0) is 13.5. The first-order chi connectivity index (χ1) is 8.57. The molecule has 1 rings (SSSR count). The minimum Gasteiger partial charge on any atom is -0.351 e. The van der Waals surface area contributed by atoms with Crippen LogP contribution in [0, 0.1) is 17.0 Å². The summed E-state index contributed by atoms with van der Waals surface area (Å²) in [5.41, 5.74) is 0.592. The SMILES string of the molecule is C/C=C/CCNC(=O)c1c(C)cccc1[N+](=O)[O-]. The number of nitro groups is 1. The number of amides is 1. The third-order valence-corrected chi connectivity index (χ3v) is 2.51. The highest BCUT2D eigenvalue weighted by Gasteiger charge is 2.21. The summed E-state index contributed by atoms with van der Waals surface area (Å²) in [5, 5.41) is 13.5. The number of nitrogens with zero attached hydrogens (tertiary/aromatic N) is 1. The van der Waals surface area contributed by atoms with Crippen LogP contribution in [0.3, 0.4) is 0 Å². The second-order valence-corrected chi connectivity index (χ2v) is 3.84. The third kappa shape index (κ3) is 3.41. The van der Waals surface area contributed by atoms with E-state index in [0.717, 1.165) is 0 Å². The van der Waals surface area contributed by atoms with Crippen LogP contribution in [-0.4, -0.2) is 17.4 Å². The van der Waals surface area contributed by atoms with Crippen molar-refractivity contribution >= 4 is 11.6 Å². The largest absolute Gasteiger partial charge is 0.351 e. The number of aryl methyl sites for hydroxylation is 1. The number of carbonyl (C=O) groups is 1. The van der Waals surface area contributed by atoms with Crippen LogP contribution in [0.1, 0.15) is 29.3 Å². The van der Waals surface area contributed by atoms with Crippen LogP contribution in [0.2, 0.25) is 0 Å². The van der Waals surface area contributed by atoms with Gasteiger partial charge < -0.3 is 5.32 Å². The van der Waals surface area contributed by atoms with Crippen LogP contribution in [0.15, 0.2) is 30.4 Å². The summed E-state index contributed by atoms with van der Waals surface area (Å²) in [7, 11) is 0. The second kappa shape index (κ2) is 6.54. The molecule has 1 aromatic carbocycles. The molecule has 5 nitrogen and oxygen atoms in total. The summed E-state index contributed by atoms with van der Waals surface area (Å²) in [6, 6.07) is 4.60. The summed E-state index contributed by atoms with van der Waals surface area (Å²) in [6.07, 6.45) is 4.52. The Morgan fingerprint density at radius 2 is 2.22 bits per heavy atom. The molecule has 0 unspecified atom stereocenters. The van der Waals surface area contributed by atoms with E-state index in [-0.39, 0.29) is 11.3 Å². The zero-order valence-electron chi connectivity index (χ0n) is 10.5. The predicted octanol–water partition coefficient (Wildman–Crippen LogP) is 2.60. The van der Waals surface area contributed by atoms with Gasteiger partial charge in [-0.15, -0.1) is 0 Å². The fourth-order valence-electron chi connectivity index (χ4n) is 1.62. The van der Waals surface area contributed by atoms with Gasteiger partial charge >= 0.3 is 0 Å². The summed E-state index contributed by atoms with van der Waals surface area (Å²) in [5.74, 6) is -0.399. The van der Waals surface area contributed by atoms with Crippen molar-refractivity contribution in [1.29, 1.82) is 0 Å². The van der Waals surface area contributed by atoms with Gasteiger partial charge in [0.2, 0.25) is 0 Å². The van der Waals surface area contributed by atoms with Crippen molar-refractivity contribution < 1.29 is 9.72 Å². The van der Waals surface area contributed by atoms with Crippen molar-refractivity contribution in [2.45, 2.75) is 20.3 Å². The molecule has 18 heavy (non-hydrogen) atoms. The first kappa shape index (κ1) is 13.9. The monoisotopic (exact) mass is 248 g/mol. The number of allylic oxidation sites excluding steroid dienone is 1. The molecular formula is C13H16N2O3. The van der Waals surface area contributed by atoms with Crippen LogP contribution >= 0.6 is 0 Å². The zero-order valence-corrected chi connectivity index (χ0v) is 10.5. The van der Waals surface area contributed by atoms with Crippen LogP contribution in [-0.2, 0) is 0 Å². The molecule has 5 heteroatoms. The van der Waals surface area contributed by atoms with Gasteiger partial charge in [-0.3, -0.25) is 14.9 Å². The van der Waals surface area contributed by atoms with Crippen molar-refractivity contribution in [3.05, 3.63) is 51.6 Å². The highest BCUT2D eigenvalue weighted by Crippen LogP contribution is 2.21. The van der Waals surface area contributed by atoms with E-state index in [0.29, 0.717) is 18.5 Å². The molecule has 1 amide bonds. The molecule has 0 atom stereocenters. The Morgan fingerprint density at radius 3 is 2.83 bits per heavy atom. The van der Waals surface area contributed by atoms with Gasteiger partial charge in [0.1, 0.15) is 5.56 Å². The van der Waals surface area contributed by atoms with E-state index in [4.69, 9.17) is 0 Å². The molecular weight excluding hydrogens is 232 g/mol. The molecule has 0 spiro atoms. The van der Waals surface area contributed by atoms with Crippen molar-refractivity contribution in [2.75, 3.05) is 6.54 Å².